The number of hydrogen-bond donors (Lipinski definition) is 0. The summed E-state index contributed by atoms with van der Waals surface area (Å²) in [5, 5.41) is 0. The number of carbonyl (C=O) groups excluding carboxylic acids is 1. The van der Waals surface area contributed by atoms with Crippen LogP contribution in [0.3, 0.4) is 0 Å². The third kappa shape index (κ3) is 6.71. The summed E-state index contributed by atoms with van der Waals surface area (Å²) < 4.78 is 21.2. The molecule has 0 saturated heterocycles. The maximum Gasteiger partial charge on any atom is 0.338 e. The van der Waals surface area contributed by atoms with Crippen molar-refractivity contribution in [3.05, 3.63) is 123 Å². The first kappa shape index (κ1) is 31.0. The van der Waals surface area contributed by atoms with Crippen molar-refractivity contribution in [2.75, 3.05) is 13.2 Å². The molecule has 0 saturated carbocycles. The topological polar surface area (TPSA) is 79.1 Å². The Balaban J connectivity index is 1.58. The number of benzene rings is 3. The van der Waals surface area contributed by atoms with Crippen molar-refractivity contribution in [1.29, 1.82) is 0 Å². The minimum Gasteiger partial charge on any atom is -0.490 e. The van der Waals surface area contributed by atoms with Crippen molar-refractivity contribution < 1.29 is 19.0 Å². The molecular formula is C33H30Br2N2O5S. The monoisotopic (exact) mass is 724 g/mol. The molecule has 5 rings (SSSR count). The van der Waals surface area contributed by atoms with Gasteiger partial charge in [-0.1, -0.05) is 69.2 Å². The molecule has 2 heterocycles. The Bertz CT molecular complexity index is 1880. The Kier molecular flexibility index (Phi) is 9.68. The van der Waals surface area contributed by atoms with Crippen LogP contribution in [0.2, 0.25) is 0 Å². The molecule has 1 atom stereocenters. The van der Waals surface area contributed by atoms with Crippen LogP contribution >= 0.6 is 43.2 Å². The maximum absolute atomic E-state index is 14.0. The van der Waals surface area contributed by atoms with E-state index in [1.165, 1.54) is 11.3 Å². The zero-order chi connectivity index (χ0) is 30.7. The van der Waals surface area contributed by atoms with Gasteiger partial charge < -0.3 is 14.2 Å². The van der Waals surface area contributed by atoms with Crippen LogP contribution < -0.4 is 24.4 Å². The molecule has 0 radical (unpaired) electrons. The van der Waals surface area contributed by atoms with Gasteiger partial charge in [-0.2, -0.15) is 0 Å². The van der Waals surface area contributed by atoms with Gasteiger partial charge in [0.05, 0.1) is 39.5 Å². The van der Waals surface area contributed by atoms with Gasteiger partial charge in [0.1, 0.15) is 6.61 Å². The van der Waals surface area contributed by atoms with Crippen LogP contribution in [0.1, 0.15) is 49.1 Å². The molecule has 10 heteroatoms. The van der Waals surface area contributed by atoms with Gasteiger partial charge in [0.15, 0.2) is 16.3 Å². The molecule has 0 spiro atoms. The second kappa shape index (κ2) is 13.4. The largest absolute Gasteiger partial charge is 0.490 e. The fourth-order valence-corrected chi connectivity index (χ4v) is 6.70. The van der Waals surface area contributed by atoms with Gasteiger partial charge in [-0.05, 0) is 90.7 Å². The van der Waals surface area contributed by atoms with Crippen molar-refractivity contribution in [2.24, 2.45) is 4.99 Å². The Labute approximate surface area is 270 Å². The minimum atomic E-state index is -0.654. The highest BCUT2D eigenvalue weighted by molar-refractivity contribution is 9.10. The normalized spacial score (nSPS) is 14.7. The van der Waals surface area contributed by atoms with Crippen LogP contribution in [0, 0.1) is 6.92 Å². The number of rotatable bonds is 9. The van der Waals surface area contributed by atoms with E-state index in [9.17, 15) is 9.59 Å². The molecule has 1 aliphatic rings. The van der Waals surface area contributed by atoms with Crippen LogP contribution in [0.15, 0.2) is 90.7 Å². The van der Waals surface area contributed by atoms with Gasteiger partial charge in [-0.25, -0.2) is 9.79 Å². The lowest BCUT2D eigenvalue weighted by atomic mass is 9.95. The van der Waals surface area contributed by atoms with E-state index in [1.807, 2.05) is 80.6 Å². The van der Waals surface area contributed by atoms with E-state index in [0.717, 1.165) is 26.7 Å². The second-order valence-corrected chi connectivity index (χ2v) is 12.7. The Morgan fingerprint density at radius 1 is 1.00 bits per heavy atom. The number of esters is 1. The number of ether oxygens (including phenoxy) is 3. The summed E-state index contributed by atoms with van der Waals surface area (Å²) in [6.45, 7) is 8.48. The molecule has 43 heavy (non-hydrogen) atoms. The molecule has 7 nitrogen and oxygen atoms in total. The zero-order valence-corrected chi connectivity index (χ0v) is 28.1. The highest BCUT2D eigenvalue weighted by Gasteiger charge is 2.33. The highest BCUT2D eigenvalue weighted by atomic mass is 79.9. The average Bonchev–Trinajstić information content (AvgIpc) is 3.27. The quantitative estimate of drug-likeness (QED) is 0.182. The number of carbonyl (C=O) groups is 1. The lowest BCUT2D eigenvalue weighted by molar-refractivity contribution is -0.139. The highest BCUT2D eigenvalue weighted by Crippen LogP contribution is 2.38. The molecule has 0 N–H and O–H groups in total. The van der Waals surface area contributed by atoms with Crippen molar-refractivity contribution >= 4 is 55.2 Å². The summed E-state index contributed by atoms with van der Waals surface area (Å²) in [4.78, 5) is 32.3. The molecule has 3 aromatic carbocycles. The number of nitrogens with zero attached hydrogens (tertiary/aromatic N) is 2. The molecule has 0 bridgehead atoms. The lowest BCUT2D eigenvalue weighted by Gasteiger charge is -2.24. The Hall–Kier alpha value is -3.47. The Morgan fingerprint density at radius 3 is 2.40 bits per heavy atom. The summed E-state index contributed by atoms with van der Waals surface area (Å²) >= 11 is 8.38. The van der Waals surface area contributed by atoms with E-state index >= 15 is 0 Å². The first-order chi connectivity index (χ1) is 20.7. The van der Waals surface area contributed by atoms with Gasteiger partial charge >= 0.3 is 5.97 Å². The molecule has 0 fully saturated rings. The smallest absolute Gasteiger partial charge is 0.338 e. The number of fused-ring (bicyclic) bond motifs is 1. The third-order valence-corrected chi connectivity index (χ3v) is 8.94. The van der Waals surface area contributed by atoms with Gasteiger partial charge in [0.25, 0.3) is 5.56 Å². The molecular weight excluding hydrogens is 696 g/mol. The van der Waals surface area contributed by atoms with Gasteiger partial charge in [0, 0.05) is 4.47 Å². The molecule has 0 unspecified atom stereocenters. The van der Waals surface area contributed by atoms with Crippen molar-refractivity contribution in [3.8, 4) is 11.5 Å². The maximum atomic E-state index is 14.0. The van der Waals surface area contributed by atoms with E-state index in [4.69, 9.17) is 14.2 Å². The summed E-state index contributed by atoms with van der Waals surface area (Å²) in [5.41, 5.74) is 4.31. The van der Waals surface area contributed by atoms with Gasteiger partial charge in [0.2, 0.25) is 0 Å². The van der Waals surface area contributed by atoms with E-state index in [-0.39, 0.29) is 12.2 Å². The molecule has 4 aromatic rings. The number of aromatic nitrogens is 1. The first-order valence-electron chi connectivity index (χ1n) is 13.8. The minimum absolute atomic E-state index is 0.223. The number of hydrogen-bond acceptors (Lipinski definition) is 7. The van der Waals surface area contributed by atoms with Crippen LogP contribution in [-0.2, 0) is 16.1 Å². The van der Waals surface area contributed by atoms with Crippen LogP contribution in [0.25, 0.3) is 6.08 Å². The molecule has 1 aromatic heterocycles. The van der Waals surface area contributed by atoms with Crippen LogP contribution in [0.5, 0.6) is 11.5 Å². The SMILES string of the molecule is CCOC(=O)C1=C(C)N=c2s/c(=C/c3cc(Br)c(OCc4ccc(Br)cc4)c(OCC)c3)c(=O)n2[C@H]1c1ccc(C)cc1. The molecule has 0 amide bonds. The zero-order valence-electron chi connectivity index (χ0n) is 24.1. The van der Waals surface area contributed by atoms with Crippen molar-refractivity contribution in [1.82, 2.24) is 4.57 Å². The van der Waals surface area contributed by atoms with E-state index in [0.29, 0.717) is 49.8 Å². The molecule has 1 aliphatic heterocycles. The number of thiazole rings is 1. The van der Waals surface area contributed by atoms with E-state index in [2.05, 4.69) is 36.9 Å². The number of halogens is 2. The Morgan fingerprint density at radius 2 is 1.72 bits per heavy atom. The van der Waals surface area contributed by atoms with Crippen LogP contribution in [0.4, 0.5) is 0 Å². The summed E-state index contributed by atoms with van der Waals surface area (Å²) in [6.07, 6.45) is 1.81. The predicted octanol–water partition coefficient (Wildman–Crippen LogP) is 6.61. The fraction of sp³-hybridized carbons (Fsp3) is 0.242. The van der Waals surface area contributed by atoms with Crippen molar-refractivity contribution in [2.45, 2.75) is 40.3 Å². The second-order valence-electron chi connectivity index (χ2n) is 9.89. The standard InChI is InChI=1S/C33H30Br2N2O5S/c1-5-40-26-16-22(15-25(35)30(26)42-18-21-9-13-24(34)14-10-21)17-27-31(38)37-29(23-11-7-19(3)8-12-23)28(32(39)41-6-2)20(4)36-33(37)43-27/h7-17,29H,5-6,18H2,1-4H3/b27-17+/t29-/m0/s1. The average molecular weight is 726 g/mol. The number of aryl methyl sites for hydroxylation is 1. The van der Waals surface area contributed by atoms with Gasteiger partial charge in [-0.3, -0.25) is 9.36 Å². The van der Waals surface area contributed by atoms with Gasteiger partial charge in [-0.15, -0.1) is 0 Å². The fourth-order valence-electron chi connectivity index (χ4n) is 4.82. The van der Waals surface area contributed by atoms with E-state index < -0.39 is 12.0 Å². The molecule has 222 valence electrons. The summed E-state index contributed by atoms with van der Waals surface area (Å²) in [5.74, 6) is 0.663. The lowest BCUT2D eigenvalue weighted by Crippen LogP contribution is -2.39. The molecule has 0 aliphatic carbocycles. The van der Waals surface area contributed by atoms with Crippen molar-refractivity contribution in [3.63, 3.8) is 0 Å². The first-order valence-corrected chi connectivity index (χ1v) is 16.2. The van der Waals surface area contributed by atoms with Crippen LogP contribution in [-0.4, -0.2) is 23.8 Å². The third-order valence-electron chi connectivity index (χ3n) is 6.84. The number of allylic oxidation sites excluding steroid dienone is 1. The predicted molar refractivity (Wildman–Crippen MR) is 175 cm³/mol. The summed E-state index contributed by atoms with van der Waals surface area (Å²) in [6, 6.07) is 18.8. The van der Waals surface area contributed by atoms with E-state index in [1.54, 1.807) is 18.4 Å². The summed E-state index contributed by atoms with van der Waals surface area (Å²) in [7, 11) is 0.